The van der Waals surface area contributed by atoms with E-state index in [0.717, 1.165) is 21.9 Å². The molecule has 8 heteroatoms. The van der Waals surface area contributed by atoms with E-state index < -0.39 is 0 Å². The quantitative estimate of drug-likeness (QED) is 0.550. The van der Waals surface area contributed by atoms with Gasteiger partial charge in [0, 0.05) is 10.6 Å². The third-order valence-corrected chi connectivity index (χ3v) is 4.58. The molecule has 0 saturated heterocycles. The predicted octanol–water partition coefficient (Wildman–Crippen LogP) is 4.07. The number of halogens is 1. The molecule has 0 spiro atoms. The summed E-state index contributed by atoms with van der Waals surface area (Å²) in [5.41, 5.74) is 1.65. The van der Waals surface area contributed by atoms with Gasteiger partial charge in [0.25, 0.3) is 0 Å². The fourth-order valence-corrected chi connectivity index (χ4v) is 3.01. The maximum atomic E-state index is 5.89. The molecule has 0 amide bonds. The SMILES string of the molecule is Cc1oc(-c2cccs2)nc1Cn1nnc(-c2ccc(Cl)cc2)n1. The van der Waals surface area contributed by atoms with Crippen LogP contribution in [0.4, 0.5) is 0 Å². The van der Waals surface area contributed by atoms with Crippen LogP contribution >= 0.6 is 22.9 Å². The first-order valence-corrected chi connectivity index (χ1v) is 8.49. The maximum Gasteiger partial charge on any atom is 0.236 e. The summed E-state index contributed by atoms with van der Waals surface area (Å²) in [5.74, 6) is 1.92. The van der Waals surface area contributed by atoms with Crippen LogP contribution in [0, 0.1) is 6.92 Å². The van der Waals surface area contributed by atoms with E-state index in [1.165, 1.54) is 4.80 Å². The van der Waals surface area contributed by atoms with Gasteiger partial charge in [-0.05, 0) is 47.8 Å². The second kappa shape index (κ2) is 6.18. The summed E-state index contributed by atoms with van der Waals surface area (Å²) in [6, 6.07) is 11.3. The van der Waals surface area contributed by atoms with E-state index in [4.69, 9.17) is 16.0 Å². The van der Waals surface area contributed by atoms with Crippen molar-refractivity contribution in [3.05, 3.63) is 58.3 Å². The molecule has 4 rings (SSSR count). The molecule has 1 aromatic carbocycles. The van der Waals surface area contributed by atoms with Crippen molar-refractivity contribution in [3.8, 4) is 22.2 Å². The minimum absolute atomic E-state index is 0.404. The number of hydrogen-bond donors (Lipinski definition) is 0. The Morgan fingerprint density at radius 3 is 2.79 bits per heavy atom. The summed E-state index contributed by atoms with van der Waals surface area (Å²) in [7, 11) is 0. The average molecular weight is 358 g/mol. The average Bonchev–Trinajstić information content (AvgIpc) is 3.31. The largest absolute Gasteiger partial charge is 0.440 e. The first kappa shape index (κ1) is 15.0. The van der Waals surface area contributed by atoms with Crippen LogP contribution in [0.2, 0.25) is 5.02 Å². The minimum Gasteiger partial charge on any atom is -0.440 e. The van der Waals surface area contributed by atoms with E-state index in [1.54, 1.807) is 23.5 Å². The van der Waals surface area contributed by atoms with Crippen molar-refractivity contribution in [2.75, 3.05) is 0 Å². The Hall–Kier alpha value is -2.51. The zero-order valence-corrected chi connectivity index (χ0v) is 14.3. The topological polar surface area (TPSA) is 69.6 Å². The van der Waals surface area contributed by atoms with E-state index in [2.05, 4.69) is 20.4 Å². The fourth-order valence-electron chi connectivity index (χ4n) is 2.24. The standard InChI is InChI=1S/C16H12ClN5OS/c1-10-13(18-16(23-10)14-3-2-8-24-14)9-22-20-15(19-21-22)11-4-6-12(17)7-5-11/h2-8H,9H2,1H3. The monoisotopic (exact) mass is 357 g/mol. The molecule has 0 saturated carbocycles. The Balaban J connectivity index is 1.57. The summed E-state index contributed by atoms with van der Waals surface area (Å²) < 4.78 is 5.73. The smallest absolute Gasteiger partial charge is 0.236 e. The molecule has 0 aliphatic rings. The van der Waals surface area contributed by atoms with Gasteiger partial charge in [0.15, 0.2) is 0 Å². The molecule has 3 heterocycles. The highest BCUT2D eigenvalue weighted by molar-refractivity contribution is 7.13. The second-order valence-corrected chi connectivity index (χ2v) is 6.53. The zero-order chi connectivity index (χ0) is 16.5. The van der Waals surface area contributed by atoms with Crippen LogP contribution < -0.4 is 0 Å². The molecule has 0 N–H and O–H groups in total. The highest BCUT2D eigenvalue weighted by atomic mass is 35.5. The molecule has 6 nitrogen and oxygen atoms in total. The molecular formula is C16H12ClN5OS. The van der Waals surface area contributed by atoms with Crippen LogP contribution in [0.3, 0.4) is 0 Å². The van der Waals surface area contributed by atoms with Crippen molar-refractivity contribution >= 4 is 22.9 Å². The lowest BCUT2D eigenvalue weighted by Crippen LogP contribution is -2.05. The van der Waals surface area contributed by atoms with Gasteiger partial charge < -0.3 is 4.42 Å². The van der Waals surface area contributed by atoms with Gasteiger partial charge >= 0.3 is 0 Å². The van der Waals surface area contributed by atoms with E-state index in [-0.39, 0.29) is 0 Å². The number of aryl methyl sites for hydroxylation is 1. The van der Waals surface area contributed by atoms with Gasteiger partial charge in [-0.1, -0.05) is 17.7 Å². The van der Waals surface area contributed by atoms with Gasteiger partial charge in [0.1, 0.15) is 18.0 Å². The summed E-state index contributed by atoms with van der Waals surface area (Å²) in [4.78, 5) is 7.04. The number of nitrogens with zero attached hydrogens (tertiary/aromatic N) is 5. The molecule has 0 atom stereocenters. The Kier molecular flexibility index (Phi) is 3.87. The Morgan fingerprint density at radius 1 is 1.21 bits per heavy atom. The lowest BCUT2D eigenvalue weighted by atomic mass is 10.2. The van der Waals surface area contributed by atoms with E-state index in [1.807, 2.05) is 36.6 Å². The van der Waals surface area contributed by atoms with Gasteiger partial charge in [0.05, 0.1) is 4.88 Å². The Labute approximate surface area is 146 Å². The number of oxazole rings is 1. The zero-order valence-electron chi connectivity index (χ0n) is 12.7. The molecule has 4 aromatic rings. The van der Waals surface area contributed by atoms with Crippen molar-refractivity contribution in [1.29, 1.82) is 0 Å². The Bertz CT molecular complexity index is 959. The number of hydrogen-bond acceptors (Lipinski definition) is 6. The highest BCUT2D eigenvalue weighted by Crippen LogP contribution is 2.26. The summed E-state index contributed by atoms with van der Waals surface area (Å²) in [6.07, 6.45) is 0. The molecule has 0 bridgehead atoms. The maximum absolute atomic E-state index is 5.89. The lowest BCUT2D eigenvalue weighted by molar-refractivity contribution is 0.526. The molecule has 24 heavy (non-hydrogen) atoms. The molecular weight excluding hydrogens is 346 g/mol. The molecule has 3 aromatic heterocycles. The fraction of sp³-hybridized carbons (Fsp3) is 0.125. The van der Waals surface area contributed by atoms with Crippen molar-refractivity contribution in [2.24, 2.45) is 0 Å². The van der Waals surface area contributed by atoms with Gasteiger partial charge in [-0.15, -0.1) is 21.5 Å². The van der Waals surface area contributed by atoms with Crippen molar-refractivity contribution in [2.45, 2.75) is 13.5 Å². The molecule has 0 fully saturated rings. The summed E-state index contributed by atoms with van der Waals surface area (Å²) >= 11 is 7.48. The first-order valence-electron chi connectivity index (χ1n) is 7.23. The van der Waals surface area contributed by atoms with Crippen LogP contribution in [0.25, 0.3) is 22.2 Å². The van der Waals surface area contributed by atoms with E-state index >= 15 is 0 Å². The molecule has 0 radical (unpaired) electrons. The second-order valence-electron chi connectivity index (χ2n) is 5.15. The minimum atomic E-state index is 0.404. The Morgan fingerprint density at radius 2 is 2.04 bits per heavy atom. The van der Waals surface area contributed by atoms with E-state index in [9.17, 15) is 0 Å². The van der Waals surface area contributed by atoms with Crippen LogP contribution in [0.5, 0.6) is 0 Å². The molecule has 0 unspecified atom stereocenters. The van der Waals surface area contributed by atoms with Crippen LogP contribution in [-0.4, -0.2) is 25.2 Å². The van der Waals surface area contributed by atoms with Crippen molar-refractivity contribution in [3.63, 3.8) is 0 Å². The normalized spacial score (nSPS) is 11.1. The summed E-state index contributed by atoms with van der Waals surface area (Å²) in [6.45, 7) is 2.29. The van der Waals surface area contributed by atoms with Crippen LogP contribution in [0.1, 0.15) is 11.5 Å². The molecule has 120 valence electrons. The van der Waals surface area contributed by atoms with Crippen molar-refractivity contribution < 1.29 is 4.42 Å². The van der Waals surface area contributed by atoms with E-state index in [0.29, 0.717) is 23.3 Å². The number of tetrazole rings is 1. The molecule has 0 aliphatic heterocycles. The third kappa shape index (κ3) is 2.95. The number of rotatable bonds is 4. The van der Waals surface area contributed by atoms with Crippen molar-refractivity contribution in [1.82, 2.24) is 25.2 Å². The van der Waals surface area contributed by atoms with Gasteiger partial charge in [-0.25, -0.2) is 4.98 Å². The first-order chi connectivity index (χ1) is 11.7. The van der Waals surface area contributed by atoms with Gasteiger partial charge in [0.2, 0.25) is 11.7 Å². The summed E-state index contributed by atoms with van der Waals surface area (Å²) in [5, 5.41) is 15.2. The lowest BCUT2D eigenvalue weighted by Gasteiger charge is -1.96. The number of benzene rings is 1. The van der Waals surface area contributed by atoms with Crippen LogP contribution in [0.15, 0.2) is 46.2 Å². The number of aromatic nitrogens is 5. The van der Waals surface area contributed by atoms with Gasteiger partial charge in [-0.3, -0.25) is 0 Å². The van der Waals surface area contributed by atoms with Gasteiger partial charge in [-0.2, -0.15) is 4.80 Å². The number of thiophene rings is 1. The predicted molar refractivity (Wildman–Crippen MR) is 91.9 cm³/mol. The van der Waals surface area contributed by atoms with Crippen LogP contribution in [-0.2, 0) is 6.54 Å². The molecule has 0 aliphatic carbocycles. The highest BCUT2D eigenvalue weighted by Gasteiger charge is 2.14. The third-order valence-electron chi connectivity index (χ3n) is 3.47.